The van der Waals surface area contributed by atoms with Gasteiger partial charge in [0.2, 0.25) is 0 Å². The smallest absolute Gasteiger partial charge is 0.0637 e. The Morgan fingerprint density at radius 2 is 2.17 bits per heavy atom. The van der Waals surface area contributed by atoms with Gasteiger partial charge in [0.05, 0.1) is 10.7 Å². The van der Waals surface area contributed by atoms with Crippen molar-refractivity contribution in [3.05, 3.63) is 29.3 Å². The normalized spacial score (nSPS) is 20.6. The van der Waals surface area contributed by atoms with Crippen molar-refractivity contribution in [3.8, 4) is 0 Å². The molecule has 0 aliphatic carbocycles. The van der Waals surface area contributed by atoms with Crippen LogP contribution in [0.25, 0.3) is 0 Å². The lowest BCUT2D eigenvalue weighted by atomic mass is 9.95. The van der Waals surface area contributed by atoms with Crippen molar-refractivity contribution in [1.29, 1.82) is 0 Å². The molecule has 18 heavy (non-hydrogen) atoms. The van der Waals surface area contributed by atoms with Crippen molar-refractivity contribution in [3.63, 3.8) is 0 Å². The minimum Gasteiger partial charge on any atom is -0.383 e. The molecule has 1 heterocycles. The molecule has 2 nitrogen and oxygen atoms in total. The van der Waals surface area contributed by atoms with Gasteiger partial charge in [-0.05, 0) is 36.9 Å². The van der Waals surface area contributed by atoms with Gasteiger partial charge < -0.3 is 10.2 Å². The van der Waals surface area contributed by atoms with Crippen molar-refractivity contribution in [2.45, 2.75) is 20.3 Å². The standard InChI is InChI=1S/C15H23ClN2/c1-12(2)13-7-9-18(11-13)10-8-17-15-6-4-3-5-14(15)16/h3-6,12-13,17H,7-11H2,1-2H3. The Bertz CT molecular complexity index is 379. The van der Waals surface area contributed by atoms with E-state index in [4.69, 9.17) is 11.6 Å². The van der Waals surface area contributed by atoms with E-state index in [2.05, 4.69) is 24.1 Å². The molecule has 1 aliphatic heterocycles. The highest BCUT2D eigenvalue weighted by molar-refractivity contribution is 6.33. The zero-order valence-corrected chi connectivity index (χ0v) is 12.1. The Kier molecular flexibility index (Phi) is 4.90. The SMILES string of the molecule is CC(C)C1CCN(CCNc2ccccc2Cl)C1. The van der Waals surface area contributed by atoms with E-state index in [1.807, 2.05) is 24.3 Å². The summed E-state index contributed by atoms with van der Waals surface area (Å²) in [6.45, 7) is 9.23. The highest BCUT2D eigenvalue weighted by Gasteiger charge is 2.24. The van der Waals surface area contributed by atoms with Gasteiger partial charge in [-0.1, -0.05) is 37.6 Å². The topological polar surface area (TPSA) is 15.3 Å². The number of likely N-dealkylation sites (tertiary alicyclic amines) is 1. The van der Waals surface area contributed by atoms with Crippen LogP contribution in [0.15, 0.2) is 24.3 Å². The zero-order valence-electron chi connectivity index (χ0n) is 11.3. The number of nitrogens with one attached hydrogen (secondary N) is 1. The quantitative estimate of drug-likeness (QED) is 0.874. The fourth-order valence-corrected chi connectivity index (χ4v) is 2.77. The van der Waals surface area contributed by atoms with E-state index in [0.29, 0.717) is 0 Å². The molecule has 0 radical (unpaired) electrons. The Morgan fingerprint density at radius 3 is 2.83 bits per heavy atom. The minimum absolute atomic E-state index is 0.805. The minimum atomic E-state index is 0.805. The molecular formula is C15H23ClN2. The van der Waals surface area contributed by atoms with Gasteiger partial charge in [-0.2, -0.15) is 0 Å². The predicted octanol–water partition coefficient (Wildman–Crippen LogP) is 3.73. The van der Waals surface area contributed by atoms with Crippen molar-refractivity contribution < 1.29 is 0 Å². The summed E-state index contributed by atoms with van der Waals surface area (Å²) in [5.41, 5.74) is 1.04. The molecule has 0 amide bonds. The van der Waals surface area contributed by atoms with E-state index >= 15 is 0 Å². The third-order valence-electron chi connectivity index (χ3n) is 3.87. The van der Waals surface area contributed by atoms with Crippen LogP contribution < -0.4 is 5.32 Å². The van der Waals surface area contributed by atoms with Gasteiger partial charge in [0.25, 0.3) is 0 Å². The molecule has 1 saturated heterocycles. The average Bonchev–Trinajstić information content (AvgIpc) is 2.80. The van der Waals surface area contributed by atoms with Crippen molar-refractivity contribution in [1.82, 2.24) is 4.90 Å². The second-order valence-corrected chi connectivity index (χ2v) is 5.91. The largest absolute Gasteiger partial charge is 0.383 e. The van der Waals surface area contributed by atoms with Crippen LogP contribution in [-0.4, -0.2) is 31.1 Å². The first-order valence-electron chi connectivity index (χ1n) is 6.87. The molecule has 1 aromatic carbocycles. The molecule has 1 N–H and O–H groups in total. The van der Waals surface area contributed by atoms with Gasteiger partial charge in [0.15, 0.2) is 0 Å². The van der Waals surface area contributed by atoms with Crippen molar-refractivity contribution in [2.24, 2.45) is 11.8 Å². The third kappa shape index (κ3) is 3.63. The van der Waals surface area contributed by atoms with E-state index < -0.39 is 0 Å². The molecule has 0 spiro atoms. The van der Waals surface area contributed by atoms with Gasteiger partial charge >= 0.3 is 0 Å². The van der Waals surface area contributed by atoms with E-state index in [1.54, 1.807) is 0 Å². The molecule has 1 aliphatic rings. The van der Waals surface area contributed by atoms with E-state index in [9.17, 15) is 0 Å². The van der Waals surface area contributed by atoms with Crippen LogP contribution in [-0.2, 0) is 0 Å². The monoisotopic (exact) mass is 266 g/mol. The summed E-state index contributed by atoms with van der Waals surface area (Å²) in [7, 11) is 0. The molecule has 3 heteroatoms. The Balaban J connectivity index is 1.72. The van der Waals surface area contributed by atoms with E-state index in [1.165, 1.54) is 19.5 Å². The number of para-hydroxylation sites is 1. The molecule has 1 fully saturated rings. The summed E-state index contributed by atoms with van der Waals surface area (Å²) in [6, 6.07) is 7.93. The van der Waals surface area contributed by atoms with Gasteiger partial charge in [-0.25, -0.2) is 0 Å². The summed E-state index contributed by atoms with van der Waals surface area (Å²) < 4.78 is 0. The predicted molar refractivity (Wildman–Crippen MR) is 79.3 cm³/mol. The second kappa shape index (κ2) is 6.44. The number of nitrogens with zero attached hydrogens (tertiary/aromatic N) is 1. The number of hydrogen-bond donors (Lipinski definition) is 1. The first-order valence-corrected chi connectivity index (χ1v) is 7.25. The Morgan fingerprint density at radius 1 is 1.39 bits per heavy atom. The van der Waals surface area contributed by atoms with Crippen LogP contribution in [0.3, 0.4) is 0 Å². The maximum absolute atomic E-state index is 6.11. The average molecular weight is 267 g/mol. The van der Waals surface area contributed by atoms with Crippen LogP contribution in [0, 0.1) is 11.8 Å². The maximum Gasteiger partial charge on any atom is 0.0637 e. The molecule has 2 rings (SSSR count). The summed E-state index contributed by atoms with van der Waals surface area (Å²) >= 11 is 6.11. The second-order valence-electron chi connectivity index (χ2n) is 5.50. The van der Waals surface area contributed by atoms with Gasteiger partial charge in [-0.15, -0.1) is 0 Å². The lowest BCUT2D eigenvalue weighted by Crippen LogP contribution is -2.27. The molecule has 100 valence electrons. The fourth-order valence-electron chi connectivity index (χ4n) is 2.56. The van der Waals surface area contributed by atoms with Crippen LogP contribution in [0.4, 0.5) is 5.69 Å². The van der Waals surface area contributed by atoms with Gasteiger partial charge in [0, 0.05) is 19.6 Å². The van der Waals surface area contributed by atoms with Gasteiger partial charge in [0.1, 0.15) is 0 Å². The molecule has 0 aromatic heterocycles. The number of halogens is 1. The summed E-state index contributed by atoms with van der Waals surface area (Å²) in [4.78, 5) is 2.55. The third-order valence-corrected chi connectivity index (χ3v) is 4.20. The van der Waals surface area contributed by atoms with E-state index in [0.717, 1.165) is 35.6 Å². The maximum atomic E-state index is 6.11. The first-order chi connectivity index (χ1) is 8.66. The summed E-state index contributed by atoms with van der Waals surface area (Å²) in [6.07, 6.45) is 1.35. The van der Waals surface area contributed by atoms with Crippen molar-refractivity contribution in [2.75, 3.05) is 31.5 Å². The molecule has 0 saturated carbocycles. The fraction of sp³-hybridized carbons (Fsp3) is 0.600. The van der Waals surface area contributed by atoms with Crippen LogP contribution in [0.2, 0.25) is 5.02 Å². The van der Waals surface area contributed by atoms with Crippen LogP contribution >= 0.6 is 11.6 Å². The first kappa shape index (κ1) is 13.7. The molecule has 1 atom stereocenters. The zero-order chi connectivity index (χ0) is 13.0. The van der Waals surface area contributed by atoms with E-state index in [-0.39, 0.29) is 0 Å². The summed E-state index contributed by atoms with van der Waals surface area (Å²) in [5.74, 6) is 1.69. The Labute approximate surface area is 115 Å². The van der Waals surface area contributed by atoms with Crippen molar-refractivity contribution >= 4 is 17.3 Å². The number of benzene rings is 1. The highest BCUT2D eigenvalue weighted by Crippen LogP contribution is 2.23. The molecule has 1 unspecified atom stereocenters. The van der Waals surface area contributed by atoms with Gasteiger partial charge in [-0.3, -0.25) is 0 Å². The van der Waals surface area contributed by atoms with Crippen LogP contribution in [0.1, 0.15) is 20.3 Å². The number of anilines is 1. The van der Waals surface area contributed by atoms with Crippen LogP contribution in [0.5, 0.6) is 0 Å². The highest BCUT2D eigenvalue weighted by atomic mass is 35.5. The number of rotatable bonds is 5. The Hall–Kier alpha value is -0.730. The summed E-state index contributed by atoms with van der Waals surface area (Å²) in [5, 5.41) is 4.21. The molecule has 0 bridgehead atoms. The molecule has 1 aromatic rings. The lowest BCUT2D eigenvalue weighted by Gasteiger charge is -2.18. The number of hydrogen-bond acceptors (Lipinski definition) is 2. The lowest BCUT2D eigenvalue weighted by molar-refractivity contribution is 0.313. The molecular weight excluding hydrogens is 244 g/mol.